The Morgan fingerprint density at radius 1 is 0.233 bits per heavy atom. The summed E-state index contributed by atoms with van der Waals surface area (Å²) in [5.74, 6) is 0. The van der Waals surface area contributed by atoms with Gasteiger partial charge in [0.25, 0.3) is 6.71 Å². The SMILES string of the molecule is c1ccc(-c2cc(-c3ccccc3)c(-c3cc4c5c(c3)N(c3ccccc3)c3cc6cc7ccccc7cc6cc3B5c3cc5cc6ccccc6cc5cc3N4c3ccccc3)c(-c3ccccc3)c2)cc1. The summed E-state index contributed by atoms with van der Waals surface area (Å²) in [6.07, 6.45) is 0. The average molecular weight is 925 g/mol. The third kappa shape index (κ3) is 6.74. The summed E-state index contributed by atoms with van der Waals surface area (Å²) < 4.78 is 0. The Morgan fingerprint density at radius 2 is 0.575 bits per heavy atom. The summed E-state index contributed by atoms with van der Waals surface area (Å²) in [4.78, 5) is 5.13. The van der Waals surface area contributed by atoms with Crippen LogP contribution in [0.5, 0.6) is 0 Å². The number of rotatable bonds is 6. The van der Waals surface area contributed by atoms with Crippen LogP contribution in [0.2, 0.25) is 0 Å². The first kappa shape index (κ1) is 41.4. The smallest absolute Gasteiger partial charge is 0.252 e. The molecule has 73 heavy (non-hydrogen) atoms. The Morgan fingerprint density at radius 3 is 0.973 bits per heavy atom. The Bertz CT molecular complexity index is 4060. The molecule has 0 saturated heterocycles. The van der Waals surface area contributed by atoms with Gasteiger partial charge in [-0.25, -0.2) is 0 Å². The van der Waals surface area contributed by atoms with E-state index in [1.165, 1.54) is 121 Å². The van der Waals surface area contributed by atoms with Gasteiger partial charge in [0.15, 0.2) is 0 Å². The van der Waals surface area contributed by atoms with Gasteiger partial charge >= 0.3 is 0 Å². The molecule has 13 aromatic rings. The number of para-hydroxylation sites is 2. The van der Waals surface area contributed by atoms with Gasteiger partial charge in [0, 0.05) is 34.1 Å². The largest absolute Gasteiger partial charge is 0.311 e. The first-order valence-corrected chi connectivity index (χ1v) is 25.3. The molecule has 2 nitrogen and oxygen atoms in total. The summed E-state index contributed by atoms with van der Waals surface area (Å²) >= 11 is 0. The van der Waals surface area contributed by atoms with Gasteiger partial charge in [-0.1, -0.05) is 188 Å². The van der Waals surface area contributed by atoms with Gasteiger partial charge in [0.1, 0.15) is 0 Å². The zero-order valence-electron chi connectivity index (χ0n) is 40.0. The van der Waals surface area contributed by atoms with Crippen molar-refractivity contribution in [3.63, 3.8) is 0 Å². The molecule has 0 fully saturated rings. The highest BCUT2D eigenvalue weighted by atomic mass is 15.2. The standard InChI is InChI=1S/C70H45BN2/c1-6-20-46(21-7-1)57-38-61(47-22-8-2-9-23-47)69(62(39-57)48-24-10-3-11-25-48)58-44-67-70-68(45-58)73(60-32-14-5-15-33-60)66-43-56-37-52-29-19-17-27-50(52)35-54(56)41-64(66)71(70)63-40-53-34-49-26-16-18-28-51(49)36-55(53)42-65(63)72(67)59-30-12-4-13-31-59/h1-45H. The molecule has 2 aliphatic heterocycles. The van der Waals surface area contributed by atoms with Crippen molar-refractivity contribution in [3.8, 4) is 44.5 Å². The Kier molecular flexibility index (Phi) is 9.40. The molecule has 2 aliphatic rings. The van der Waals surface area contributed by atoms with Gasteiger partial charge in [0.2, 0.25) is 0 Å². The number of hydrogen-bond acceptors (Lipinski definition) is 2. The highest BCUT2D eigenvalue weighted by Gasteiger charge is 2.44. The molecule has 0 aromatic heterocycles. The fourth-order valence-electron chi connectivity index (χ4n) is 12.2. The molecular formula is C70H45BN2. The first-order valence-electron chi connectivity index (χ1n) is 25.3. The Hall–Kier alpha value is -9.44. The maximum atomic E-state index is 2.56. The maximum Gasteiger partial charge on any atom is 0.252 e. The quantitative estimate of drug-likeness (QED) is 0.121. The zero-order valence-corrected chi connectivity index (χ0v) is 40.0. The van der Waals surface area contributed by atoms with E-state index in [2.05, 4.69) is 283 Å². The fourth-order valence-corrected chi connectivity index (χ4v) is 12.2. The predicted octanol–water partition coefficient (Wildman–Crippen LogP) is 17.0. The molecule has 13 aromatic carbocycles. The molecule has 0 atom stereocenters. The molecule has 0 unspecified atom stereocenters. The van der Waals surface area contributed by atoms with E-state index in [0.717, 1.165) is 16.9 Å². The van der Waals surface area contributed by atoms with E-state index < -0.39 is 0 Å². The van der Waals surface area contributed by atoms with E-state index in [9.17, 15) is 0 Å². The van der Waals surface area contributed by atoms with E-state index in [0.29, 0.717) is 0 Å². The van der Waals surface area contributed by atoms with Gasteiger partial charge in [0.05, 0.1) is 0 Å². The minimum atomic E-state index is -0.0849. The van der Waals surface area contributed by atoms with Crippen LogP contribution in [-0.4, -0.2) is 6.71 Å². The number of nitrogens with zero attached hydrogens (tertiary/aromatic N) is 2. The lowest BCUT2D eigenvalue weighted by Crippen LogP contribution is -2.61. The van der Waals surface area contributed by atoms with Gasteiger partial charge < -0.3 is 9.80 Å². The summed E-state index contributed by atoms with van der Waals surface area (Å²) in [6, 6.07) is 102. The number of anilines is 6. The number of fused-ring (bicyclic) bond motifs is 8. The monoisotopic (exact) mass is 924 g/mol. The van der Waals surface area contributed by atoms with Crippen LogP contribution >= 0.6 is 0 Å². The van der Waals surface area contributed by atoms with E-state index in [-0.39, 0.29) is 6.71 Å². The number of hydrogen-bond donors (Lipinski definition) is 0. The topological polar surface area (TPSA) is 6.48 Å². The van der Waals surface area contributed by atoms with Crippen molar-refractivity contribution in [2.45, 2.75) is 0 Å². The van der Waals surface area contributed by atoms with Crippen molar-refractivity contribution in [3.05, 3.63) is 273 Å². The summed E-state index contributed by atoms with van der Waals surface area (Å²) in [5, 5.41) is 9.89. The van der Waals surface area contributed by atoms with Crippen molar-refractivity contribution in [1.82, 2.24) is 0 Å². The highest BCUT2D eigenvalue weighted by Crippen LogP contribution is 2.51. The van der Waals surface area contributed by atoms with Gasteiger partial charge in [-0.05, 0) is 189 Å². The lowest BCUT2D eigenvalue weighted by Gasteiger charge is -2.45. The average Bonchev–Trinajstić information content (AvgIpc) is 3.46. The van der Waals surface area contributed by atoms with E-state index in [4.69, 9.17) is 0 Å². The summed E-state index contributed by atoms with van der Waals surface area (Å²) in [5.41, 5.74) is 20.3. The maximum absolute atomic E-state index is 2.56. The summed E-state index contributed by atoms with van der Waals surface area (Å²) in [6.45, 7) is -0.0849. The Balaban J connectivity index is 1.11. The molecule has 0 saturated carbocycles. The van der Waals surface area contributed by atoms with Crippen LogP contribution in [0.1, 0.15) is 0 Å². The molecule has 15 rings (SSSR count). The molecule has 0 aliphatic carbocycles. The lowest BCUT2D eigenvalue weighted by molar-refractivity contribution is 1.26. The zero-order chi connectivity index (χ0) is 48.0. The minimum Gasteiger partial charge on any atom is -0.311 e. The van der Waals surface area contributed by atoms with Crippen molar-refractivity contribution in [1.29, 1.82) is 0 Å². The fraction of sp³-hybridized carbons (Fsp3) is 0. The van der Waals surface area contributed by atoms with Crippen molar-refractivity contribution in [2.24, 2.45) is 0 Å². The second kappa shape index (κ2) is 16.6. The van der Waals surface area contributed by atoms with E-state index in [1.54, 1.807) is 0 Å². The third-order valence-corrected chi connectivity index (χ3v) is 15.4. The van der Waals surface area contributed by atoms with Crippen LogP contribution in [0.25, 0.3) is 87.6 Å². The Labute approximate surface area is 425 Å². The molecule has 0 radical (unpaired) electrons. The third-order valence-electron chi connectivity index (χ3n) is 15.4. The molecule has 2 heterocycles. The molecule has 0 bridgehead atoms. The van der Waals surface area contributed by atoms with Crippen LogP contribution in [0.4, 0.5) is 34.1 Å². The van der Waals surface area contributed by atoms with Crippen LogP contribution in [-0.2, 0) is 0 Å². The normalized spacial score (nSPS) is 12.6. The van der Waals surface area contributed by atoms with E-state index in [1.807, 2.05) is 0 Å². The van der Waals surface area contributed by atoms with Crippen molar-refractivity contribution >= 4 is 100 Å². The second-order valence-electron chi connectivity index (χ2n) is 19.7. The van der Waals surface area contributed by atoms with Crippen LogP contribution < -0.4 is 26.2 Å². The van der Waals surface area contributed by atoms with Gasteiger partial charge in [-0.3, -0.25) is 0 Å². The lowest BCUT2D eigenvalue weighted by atomic mass is 9.33. The predicted molar refractivity (Wildman–Crippen MR) is 312 cm³/mol. The van der Waals surface area contributed by atoms with Gasteiger partial charge in [-0.15, -0.1) is 0 Å². The molecule has 0 spiro atoms. The molecule has 338 valence electrons. The minimum absolute atomic E-state index is 0.0849. The van der Waals surface area contributed by atoms with Crippen LogP contribution in [0.3, 0.4) is 0 Å². The molecule has 0 amide bonds. The number of benzene rings is 13. The summed E-state index contributed by atoms with van der Waals surface area (Å²) in [7, 11) is 0. The van der Waals surface area contributed by atoms with E-state index >= 15 is 0 Å². The first-order chi connectivity index (χ1) is 36.2. The molecule has 3 heteroatoms. The van der Waals surface area contributed by atoms with Crippen LogP contribution in [0, 0.1) is 0 Å². The second-order valence-corrected chi connectivity index (χ2v) is 19.7. The molecule has 0 N–H and O–H groups in total. The molecular weight excluding hydrogens is 880 g/mol. The van der Waals surface area contributed by atoms with Crippen molar-refractivity contribution in [2.75, 3.05) is 9.80 Å². The highest BCUT2D eigenvalue weighted by molar-refractivity contribution is 7.00. The van der Waals surface area contributed by atoms with Crippen molar-refractivity contribution < 1.29 is 0 Å². The van der Waals surface area contributed by atoms with Crippen LogP contribution in [0.15, 0.2) is 273 Å². The van der Waals surface area contributed by atoms with Gasteiger partial charge in [-0.2, -0.15) is 0 Å².